The molecule has 11 nitrogen and oxygen atoms in total. The summed E-state index contributed by atoms with van der Waals surface area (Å²) < 4.78 is 39.4. The van der Waals surface area contributed by atoms with Gasteiger partial charge >= 0.3 is 25.7 Å². The van der Waals surface area contributed by atoms with Gasteiger partial charge in [0.2, 0.25) is 0 Å². The summed E-state index contributed by atoms with van der Waals surface area (Å²) in [4.78, 5) is 48.5. The maximum absolute atomic E-state index is 12.9. The summed E-state index contributed by atoms with van der Waals surface area (Å²) in [6, 6.07) is 0. The van der Waals surface area contributed by atoms with Crippen LogP contribution in [0, 0.1) is 0 Å². The highest BCUT2D eigenvalue weighted by atomic mass is 31.2. The van der Waals surface area contributed by atoms with E-state index in [1.807, 2.05) is 12.2 Å². The molecule has 3 atom stereocenters. The van der Waals surface area contributed by atoms with Gasteiger partial charge in [0.15, 0.2) is 6.10 Å². The van der Waals surface area contributed by atoms with Crippen molar-refractivity contribution in [2.45, 2.75) is 251 Å². The second kappa shape index (κ2) is 55.6. The molecule has 0 rings (SSSR count). The SMILES string of the molecule is CC/C=C\C/C=C\C/C=C\C/C=C\C/C=C\CC(=O)OC(COC(=O)CCCCCCCCCCC/C=C\CCCCCCCC)COP(=O)(O)OCC(CO)OC(=O)CCCCCCC/C=C\C/C=C\CCC. The van der Waals surface area contributed by atoms with Gasteiger partial charge < -0.3 is 24.2 Å². The Morgan fingerprint density at radius 1 is 0.405 bits per heavy atom. The summed E-state index contributed by atoms with van der Waals surface area (Å²) in [6.07, 6.45) is 65.4. The van der Waals surface area contributed by atoms with Gasteiger partial charge in [0.25, 0.3) is 0 Å². The van der Waals surface area contributed by atoms with Crippen LogP contribution < -0.4 is 0 Å². The predicted molar refractivity (Wildman–Crippen MR) is 307 cm³/mol. The number of carbonyl (C=O) groups is 3. The van der Waals surface area contributed by atoms with Gasteiger partial charge in [0, 0.05) is 12.8 Å². The first kappa shape index (κ1) is 70.4. The van der Waals surface area contributed by atoms with Crippen molar-refractivity contribution in [2.24, 2.45) is 0 Å². The fourth-order valence-corrected chi connectivity index (χ4v) is 8.37. The van der Waals surface area contributed by atoms with Gasteiger partial charge in [-0.05, 0) is 96.3 Å². The number of rotatable bonds is 53. The number of allylic oxidation sites excluding steroid dienone is 15. The van der Waals surface area contributed by atoms with Crippen molar-refractivity contribution in [3.63, 3.8) is 0 Å². The Balaban J connectivity index is 4.81. The molecule has 0 fully saturated rings. The quantitative estimate of drug-likeness (QED) is 0.0197. The first-order valence-corrected chi connectivity index (χ1v) is 30.6. The van der Waals surface area contributed by atoms with E-state index in [0.717, 1.165) is 96.3 Å². The maximum atomic E-state index is 12.9. The lowest BCUT2D eigenvalue weighted by Crippen LogP contribution is -2.30. The molecule has 0 radical (unpaired) electrons. The van der Waals surface area contributed by atoms with E-state index < -0.39 is 57.8 Å². The first-order valence-electron chi connectivity index (χ1n) is 29.1. The first-order chi connectivity index (χ1) is 36.2. The van der Waals surface area contributed by atoms with Crippen molar-refractivity contribution in [2.75, 3.05) is 26.4 Å². The number of hydrogen-bond donors (Lipinski definition) is 2. The van der Waals surface area contributed by atoms with E-state index in [-0.39, 0.29) is 25.9 Å². The molecule has 424 valence electrons. The number of phosphoric acid groups is 1. The van der Waals surface area contributed by atoms with Gasteiger partial charge in [-0.3, -0.25) is 23.4 Å². The van der Waals surface area contributed by atoms with Crippen molar-refractivity contribution in [1.82, 2.24) is 0 Å². The zero-order chi connectivity index (χ0) is 54.1. The van der Waals surface area contributed by atoms with E-state index in [1.54, 1.807) is 6.08 Å². The van der Waals surface area contributed by atoms with Crippen LogP contribution in [0.25, 0.3) is 0 Å². The minimum absolute atomic E-state index is 0.0689. The molecule has 3 unspecified atom stereocenters. The van der Waals surface area contributed by atoms with Crippen LogP contribution in [0.3, 0.4) is 0 Å². The number of hydrogen-bond acceptors (Lipinski definition) is 10. The largest absolute Gasteiger partial charge is 0.472 e. The summed E-state index contributed by atoms with van der Waals surface area (Å²) in [5.41, 5.74) is 0. The third kappa shape index (κ3) is 53.2. The van der Waals surface area contributed by atoms with Crippen molar-refractivity contribution >= 4 is 25.7 Å². The van der Waals surface area contributed by atoms with Crippen molar-refractivity contribution in [1.29, 1.82) is 0 Å². The summed E-state index contributed by atoms with van der Waals surface area (Å²) in [6.45, 7) is 4.33. The number of unbranched alkanes of at least 4 members (excludes halogenated alkanes) is 21. The van der Waals surface area contributed by atoms with Gasteiger partial charge in [-0.25, -0.2) is 4.57 Å². The molecule has 0 amide bonds. The lowest BCUT2D eigenvalue weighted by molar-refractivity contribution is -0.160. The van der Waals surface area contributed by atoms with Gasteiger partial charge in [-0.2, -0.15) is 0 Å². The molecular weight excluding hydrogens is 952 g/mol. The van der Waals surface area contributed by atoms with Crippen LogP contribution in [0.2, 0.25) is 0 Å². The van der Waals surface area contributed by atoms with Crippen LogP contribution in [0.15, 0.2) is 97.2 Å². The second-order valence-electron chi connectivity index (χ2n) is 19.1. The number of esters is 3. The lowest BCUT2D eigenvalue weighted by atomic mass is 10.1. The molecule has 0 saturated carbocycles. The average molecular weight is 1060 g/mol. The Labute approximate surface area is 451 Å². The Kier molecular flexibility index (Phi) is 52.9. The number of carbonyl (C=O) groups excluding carboxylic acids is 3. The summed E-state index contributed by atoms with van der Waals surface area (Å²) in [5, 5.41) is 9.80. The molecule has 0 saturated heterocycles. The molecule has 0 spiro atoms. The molecule has 0 bridgehead atoms. The smallest absolute Gasteiger partial charge is 0.462 e. The van der Waals surface area contributed by atoms with Gasteiger partial charge in [0.1, 0.15) is 12.7 Å². The Hall–Kier alpha value is -3.60. The number of phosphoric ester groups is 1. The third-order valence-corrected chi connectivity index (χ3v) is 12.9. The Bertz CT molecular complexity index is 1610. The van der Waals surface area contributed by atoms with Crippen LogP contribution in [0.1, 0.15) is 239 Å². The van der Waals surface area contributed by atoms with Crippen LogP contribution in [0.5, 0.6) is 0 Å². The number of ether oxygens (including phenoxy) is 3. The fourth-order valence-electron chi connectivity index (χ4n) is 7.58. The third-order valence-electron chi connectivity index (χ3n) is 12.0. The van der Waals surface area contributed by atoms with Crippen LogP contribution in [-0.2, 0) is 42.2 Å². The van der Waals surface area contributed by atoms with E-state index in [2.05, 4.69) is 99.8 Å². The molecular formula is C62H105O11P. The Morgan fingerprint density at radius 2 is 0.784 bits per heavy atom. The topological polar surface area (TPSA) is 155 Å². The zero-order valence-corrected chi connectivity index (χ0v) is 47.7. The molecule has 0 aromatic carbocycles. The number of aliphatic hydroxyl groups excluding tert-OH is 1. The van der Waals surface area contributed by atoms with E-state index >= 15 is 0 Å². The molecule has 74 heavy (non-hydrogen) atoms. The standard InChI is InChI=1S/C62H105O11P/c1-4-7-10-13-16-19-22-25-27-28-29-30-32-34-36-39-42-45-48-51-60(64)69-55-59(73-62(66)53-50-47-44-41-38-35-31-26-23-20-17-14-11-8-5-2)57-71-74(67,68)70-56-58(54-63)72-61(65)52-49-46-43-40-37-33-24-21-18-15-12-9-6-3/h8,11-12,15,17,20-21,24-27,31,38,41,47,50,58-59,63H,4-7,9-10,13-14,16,18-19,22-23,28-30,32-37,39-40,42-46,48-49,51-57H2,1-3H3,(H,67,68)/b11-8-,15-12-,20-17-,24-21-,27-25-,31-26-,41-38-,50-47-. The summed E-state index contributed by atoms with van der Waals surface area (Å²) in [5.74, 6) is -1.64. The summed E-state index contributed by atoms with van der Waals surface area (Å²) in [7, 11) is -4.78. The number of aliphatic hydroxyl groups is 1. The zero-order valence-electron chi connectivity index (χ0n) is 46.8. The van der Waals surface area contributed by atoms with Gasteiger partial charge in [-0.1, -0.05) is 221 Å². The molecule has 0 aliphatic carbocycles. The van der Waals surface area contributed by atoms with E-state index in [4.69, 9.17) is 23.3 Å². The Morgan fingerprint density at radius 3 is 1.26 bits per heavy atom. The van der Waals surface area contributed by atoms with E-state index in [0.29, 0.717) is 19.3 Å². The molecule has 12 heteroatoms. The van der Waals surface area contributed by atoms with Crippen molar-refractivity contribution in [3.8, 4) is 0 Å². The highest BCUT2D eigenvalue weighted by Crippen LogP contribution is 2.43. The molecule has 0 aliphatic rings. The molecule has 0 aromatic rings. The second-order valence-corrected chi connectivity index (χ2v) is 20.5. The fraction of sp³-hybridized carbons (Fsp3) is 0.694. The van der Waals surface area contributed by atoms with Crippen LogP contribution in [0.4, 0.5) is 0 Å². The van der Waals surface area contributed by atoms with Crippen molar-refractivity contribution < 1.29 is 52.2 Å². The lowest BCUT2D eigenvalue weighted by Gasteiger charge is -2.21. The molecule has 0 aliphatic heterocycles. The highest BCUT2D eigenvalue weighted by molar-refractivity contribution is 7.47. The molecule has 0 aromatic heterocycles. The summed E-state index contributed by atoms with van der Waals surface area (Å²) >= 11 is 0. The normalized spacial score (nSPS) is 14.1. The molecule has 0 heterocycles. The van der Waals surface area contributed by atoms with E-state index in [1.165, 1.54) is 83.5 Å². The average Bonchev–Trinajstić information content (AvgIpc) is 3.39. The minimum Gasteiger partial charge on any atom is -0.462 e. The van der Waals surface area contributed by atoms with Crippen LogP contribution >= 0.6 is 7.82 Å². The van der Waals surface area contributed by atoms with Gasteiger partial charge in [0.05, 0.1) is 26.2 Å². The monoisotopic (exact) mass is 1060 g/mol. The molecule has 2 N–H and O–H groups in total. The van der Waals surface area contributed by atoms with Crippen LogP contribution in [-0.4, -0.2) is 66.5 Å². The minimum atomic E-state index is -4.78. The van der Waals surface area contributed by atoms with Gasteiger partial charge in [-0.15, -0.1) is 0 Å². The predicted octanol–water partition coefficient (Wildman–Crippen LogP) is 17.3. The van der Waals surface area contributed by atoms with Crippen molar-refractivity contribution in [3.05, 3.63) is 97.2 Å². The highest BCUT2D eigenvalue weighted by Gasteiger charge is 2.28. The maximum Gasteiger partial charge on any atom is 0.472 e. The van der Waals surface area contributed by atoms with E-state index in [9.17, 15) is 28.9 Å².